The number of hydrogen-bond acceptors (Lipinski definition) is 4. The van der Waals surface area contributed by atoms with E-state index in [4.69, 9.17) is 10.5 Å². The van der Waals surface area contributed by atoms with Gasteiger partial charge in [-0.2, -0.15) is 0 Å². The van der Waals surface area contributed by atoms with Gasteiger partial charge in [0.05, 0.1) is 7.11 Å². The van der Waals surface area contributed by atoms with E-state index < -0.39 is 10.0 Å². The minimum absolute atomic E-state index is 0.170. The molecule has 1 aromatic rings. The van der Waals surface area contributed by atoms with Crippen molar-refractivity contribution in [1.82, 2.24) is 4.31 Å². The largest absolute Gasteiger partial charge is 0.495 e. The molecule has 0 fully saturated rings. The van der Waals surface area contributed by atoms with Crippen LogP contribution in [0.15, 0.2) is 23.1 Å². The first-order valence-electron chi connectivity index (χ1n) is 5.80. The number of nitrogens with two attached hydrogens (primary N) is 1. The molecule has 1 rings (SSSR count). The maximum absolute atomic E-state index is 12.4. The van der Waals surface area contributed by atoms with Crippen LogP contribution in [0.25, 0.3) is 0 Å². The third-order valence-electron chi connectivity index (χ3n) is 2.69. The zero-order chi connectivity index (χ0) is 13.8. The average molecular weight is 272 g/mol. The minimum atomic E-state index is -3.52. The molecule has 0 spiro atoms. The number of hydrogen-bond donors (Lipinski definition) is 1. The van der Waals surface area contributed by atoms with Gasteiger partial charge in [-0.25, -0.2) is 12.7 Å². The van der Waals surface area contributed by atoms with E-state index in [9.17, 15) is 8.42 Å². The van der Waals surface area contributed by atoms with Crippen LogP contribution in [-0.2, 0) is 16.6 Å². The zero-order valence-corrected chi connectivity index (χ0v) is 11.8. The van der Waals surface area contributed by atoms with Crippen molar-refractivity contribution in [1.29, 1.82) is 0 Å². The van der Waals surface area contributed by atoms with E-state index in [1.165, 1.54) is 11.4 Å². The van der Waals surface area contributed by atoms with Crippen molar-refractivity contribution in [2.24, 2.45) is 5.73 Å². The maximum atomic E-state index is 12.4. The Morgan fingerprint density at radius 1 is 1.39 bits per heavy atom. The van der Waals surface area contributed by atoms with Crippen molar-refractivity contribution in [3.8, 4) is 5.75 Å². The van der Waals surface area contributed by atoms with Gasteiger partial charge in [0.1, 0.15) is 10.6 Å². The lowest BCUT2D eigenvalue weighted by atomic mass is 10.2. The Morgan fingerprint density at radius 2 is 2.06 bits per heavy atom. The maximum Gasteiger partial charge on any atom is 0.246 e. The van der Waals surface area contributed by atoms with Gasteiger partial charge in [0.25, 0.3) is 0 Å². The molecule has 0 bridgehead atoms. The normalized spacial score (nSPS) is 11.8. The molecule has 0 saturated heterocycles. The highest BCUT2D eigenvalue weighted by Gasteiger charge is 2.24. The van der Waals surface area contributed by atoms with Gasteiger partial charge < -0.3 is 10.5 Å². The summed E-state index contributed by atoms with van der Waals surface area (Å²) in [7, 11) is -0.506. The van der Waals surface area contributed by atoms with Crippen LogP contribution in [0.5, 0.6) is 5.75 Å². The molecule has 5 nitrogen and oxygen atoms in total. The van der Waals surface area contributed by atoms with Gasteiger partial charge in [-0.15, -0.1) is 0 Å². The summed E-state index contributed by atoms with van der Waals surface area (Å²) in [6.07, 6.45) is 0.759. The fourth-order valence-electron chi connectivity index (χ4n) is 1.65. The summed E-state index contributed by atoms with van der Waals surface area (Å²) in [5.74, 6) is 0.343. The third kappa shape index (κ3) is 3.01. The number of methoxy groups -OCH3 is 1. The fraction of sp³-hybridized carbons (Fsp3) is 0.500. The van der Waals surface area contributed by atoms with E-state index in [2.05, 4.69) is 0 Å². The predicted octanol–water partition coefficient (Wildman–Crippen LogP) is 1.18. The molecule has 2 N–H and O–H groups in total. The number of benzene rings is 1. The average Bonchev–Trinajstić information content (AvgIpc) is 2.38. The molecular weight excluding hydrogens is 252 g/mol. The molecule has 0 atom stereocenters. The van der Waals surface area contributed by atoms with Gasteiger partial charge in [0.15, 0.2) is 0 Å². The van der Waals surface area contributed by atoms with Crippen LogP contribution in [-0.4, -0.2) is 33.4 Å². The zero-order valence-electron chi connectivity index (χ0n) is 11.0. The van der Waals surface area contributed by atoms with Gasteiger partial charge in [0, 0.05) is 20.1 Å². The van der Waals surface area contributed by atoms with E-state index >= 15 is 0 Å². The molecule has 6 heteroatoms. The standard InChI is InChI=1S/C12H20N2O3S/c1-4-7-14(2)18(15,16)12-8-10(9-13)5-6-11(12)17-3/h5-6,8H,4,7,9,13H2,1-3H3. The second kappa shape index (κ2) is 6.17. The summed E-state index contributed by atoms with van der Waals surface area (Å²) in [5, 5.41) is 0. The number of nitrogens with zero attached hydrogens (tertiary/aromatic N) is 1. The second-order valence-electron chi connectivity index (χ2n) is 4.02. The van der Waals surface area contributed by atoms with Crippen LogP contribution in [0, 0.1) is 0 Å². The first-order chi connectivity index (χ1) is 8.47. The summed E-state index contributed by atoms with van der Waals surface area (Å²) in [6, 6.07) is 4.97. The topological polar surface area (TPSA) is 72.6 Å². The van der Waals surface area contributed by atoms with Crippen LogP contribution < -0.4 is 10.5 Å². The van der Waals surface area contributed by atoms with Gasteiger partial charge in [-0.3, -0.25) is 0 Å². The first kappa shape index (κ1) is 14.9. The summed E-state index contributed by atoms with van der Waals surface area (Å²) in [4.78, 5) is 0.170. The Kier molecular flexibility index (Phi) is 5.13. The van der Waals surface area contributed by atoms with Crippen molar-refractivity contribution >= 4 is 10.0 Å². The molecule has 0 aliphatic rings. The van der Waals surface area contributed by atoms with Gasteiger partial charge in [0.2, 0.25) is 10.0 Å². The Bertz CT molecular complexity index is 500. The highest BCUT2D eigenvalue weighted by molar-refractivity contribution is 7.89. The monoisotopic (exact) mass is 272 g/mol. The highest BCUT2D eigenvalue weighted by atomic mass is 32.2. The fourth-order valence-corrected chi connectivity index (χ4v) is 3.12. The van der Waals surface area contributed by atoms with Crippen LogP contribution >= 0.6 is 0 Å². The van der Waals surface area contributed by atoms with Crippen LogP contribution in [0.1, 0.15) is 18.9 Å². The quantitative estimate of drug-likeness (QED) is 0.844. The molecule has 0 unspecified atom stereocenters. The van der Waals surface area contributed by atoms with Crippen molar-refractivity contribution in [2.75, 3.05) is 20.7 Å². The second-order valence-corrected chi connectivity index (χ2v) is 6.03. The molecule has 0 saturated carbocycles. The minimum Gasteiger partial charge on any atom is -0.495 e. The third-order valence-corrected chi connectivity index (χ3v) is 4.57. The van der Waals surface area contributed by atoms with Crippen molar-refractivity contribution < 1.29 is 13.2 Å². The van der Waals surface area contributed by atoms with E-state index in [1.54, 1.807) is 25.2 Å². The summed E-state index contributed by atoms with van der Waals surface area (Å²) < 4.78 is 31.2. The van der Waals surface area contributed by atoms with Gasteiger partial charge in [-0.05, 0) is 24.1 Å². The summed E-state index contributed by atoms with van der Waals surface area (Å²) in [5.41, 5.74) is 6.30. The van der Waals surface area contributed by atoms with E-state index in [-0.39, 0.29) is 4.90 Å². The number of ether oxygens (including phenoxy) is 1. The molecule has 0 aromatic heterocycles. The lowest BCUT2D eigenvalue weighted by Gasteiger charge is -2.18. The molecule has 0 aliphatic carbocycles. The Morgan fingerprint density at radius 3 is 2.56 bits per heavy atom. The molecule has 102 valence electrons. The Labute approximate surface area is 109 Å². The summed E-state index contributed by atoms with van der Waals surface area (Å²) >= 11 is 0. The SMILES string of the molecule is CCCN(C)S(=O)(=O)c1cc(CN)ccc1OC. The molecule has 18 heavy (non-hydrogen) atoms. The van der Waals surface area contributed by atoms with E-state index in [0.717, 1.165) is 12.0 Å². The van der Waals surface area contributed by atoms with Crippen LogP contribution in [0.3, 0.4) is 0 Å². The van der Waals surface area contributed by atoms with Crippen molar-refractivity contribution in [3.05, 3.63) is 23.8 Å². The molecular formula is C12H20N2O3S. The number of sulfonamides is 1. The van der Waals surface area contributed by atoms with Crippen LogP contribution in [0.4, 0.5) is 0 Å². The van der Waals surface area contributed by atoms with Gasteiger partial charge >= 0.3 is 0 Å². The molecule has 0 aliphatic heterocycles. The molecule has 0 amide bonds. The van der Waals surface area contributed by atoms with Crippen molar-refractivity contribution in [3.63, 3.8) is 0 Å². The van der Waals surface area contributed by atoms with E-state index in [0.29, 0.717) is 18.8 Å². The number of rotatable bonds is 6. The Balaban J connectivity index is 3.29. The molecule has 0 heterocycles. The predicted molar refractivity (Wildman–Crippen MR) is 71.0 cm³/mol. The van der Waals surface area contributed by atoms with E-state index in [1.807, 2.05) is 6.92 Å². The molecule has 0 radical (unpaired) electrons. The Hall–Kier alpha value is -1.11. The first-order valence-corrected chi connectivity index (χ1v) is 7.24. The molecule has 1 aromatic carbocycles. The lowest BCUT2D eigenvalue weighted by molar-refractivity contribution is 0.397. The van der Waals surface area contributed by atoms with Gasteiger partial charge in [-0.1, -0.05) is 13.0 Å². The summed E-state index contributed by atoms with van der Waals surface area (Å²) in [6.45, 7) is 2.70. The van der Waals surface area contributed by atoms with Crippen molar-refractivity contribution in [2.45, 2.75) is 24.8 Å². The lowest BCUT2D eigenvalue weighted by Crippen LogP contribution is -2.28. The highest BCUT2D eigenvalue weighted by Crippen LogP contribution is 2.27. The smallest absolute Gasteiger partial charge is 0.246 e. The van der Waals surface area contributed by atoms with Crippen LogP contribution in [0.2, 0.25) is 0 Å².